The van der Waals surface area contributed by atoms with Crippen molar-refractivity contribution in [2.24, 2.45) is 7.05 Å². The van der Waals surface area contributed by atoms with Crippen LogP contribution < -0.4 is 5.32 Å². The third-order valence-corrected chi connectivity index (χ3v) is 1.83. The van der Waals surface area contributed by atoms with Gasteiger partial charge in [-0.2, -0.15) is 5.10 Å². The Morgan fingerprint density at radius 3 is 2.60 bits per heavy atom. The molecule has 0 aliphatic rings. The minimum Gasteiger partial charge on any atom is -0.347 e. The molecule has 0 aromatic carbocycles. The molecule has 0 saturated heterocycles. The summed E-state index contributed by atoms with van der Waals surface area (Å²) < 4.78 is 1.66. The van der Waals surface area contributed by atoms with Gasteiger partial charge in [0.2, 0.25) is 5.95 Å². The van der Waals surface area contributed by atoms with Gasteiger partial charge in [-0.15, -0.1) is 0 Å². The summed E-state index contributed by atoms with van der Waals surface area (Å²) in [5, 5.41) is 7.17. The fraction of sp³-hybridized carbons (Fsp3) is 0.333. The average molecular weight is 204 g/mol. The van der Waals surface area contributed by atoms with Crippen LogP contribution in [0.1, 0.15) is 11.4 Å². The lowest BCUT2D eigenvalue weighted by Crippen LogP contribution is -2.05. The van der Waals surface area contributed by atoms with E-state index in [1.54, 1.807) is 23.4 Å². The molecular formula is C9H12N6. The molecule has 0 aliphatic carbocycles. The smallest absolute Gasteiger partial charge is 0.222 e. The zero-order chi connectivity index (χ0) is 10.7. The van der Waals surface area contributed by atoms with Crippen LogP contribution in [-0.2, 0) is 13.6 Å². The van der Waals surface area contributed by atoms with Crippen LogP contribution in [0.5, 0.6) is 0 Å². The van der Waals surface area contributed by atoms with Crippen LogP contribution in [-0.4, -0.2) is 24.7 Å². The predicted octanol–water partition coefficient (Wildman–Crippen LogP) is 0.526. The fourth-order valence-electron chi connectivity index (χ4n) is 1.11. The molecule has 6 heteroatoms. The zero-order valence-electron chi connectivity index (χ0n) is 8.68. The predicted molar refractivity (Wildman–Crippen MR) is 55.1 cm³/mol. The first-order chi connectivity index (χ1) is 7.24. The largest absolute Gasteiger partial charge is 0.347 e. The molecule has 0 aliphatic heterocycles. The normalized spacial score (nSPS) is 10.3. The van der Waals surface area contributed by atoms with Crippen LogP contribution in [0.15, 0.2) is 18.7 Å². The van der Waals surface area contributed by atoms with E-state index in [2.05, 4.69) is 25.4 Å². The van der Waals surface area contributed by atoms with E-state index >= 15 is 0 Å². The number of hydrogen-bond donors (Lipinski definition) is 1. The summed E-state index contributed by atoms with van der Waals surface area (Å²) in [7, 11) is 1.83. The molecule has 1 N–H and O–H groups in total. The quantitative estimate of drug-likeness (QED) is 0.789. The van der Waals surface area contributed by atoms with Crippen LogP contribution in [0.25, 0.3) is 0 Å². The van der Waals surface area contributed by atoms with E-state index < -0.39 is 0 Å². The van der Waals surface area contributed by atoms with E-state index in [0.29, 0.717) is 12.5 Å². The van der Waals surface area contributed by atoms with Gasteiger partial charge in [0.15, 0.2) is 5.82 Å². The summed E-state index contributed by atoms with van der Waals surface area (Å²) >= 11 is 0. The van der Waals surface area contributed by atoms with E-state index in [-0.39, 0.29) is 0 Å². The molecule has 0 saturated carbocycles. The Bertz CT molecular complexity index is 432. The van der Waals surface area contributed by atoms with Gasteiger partial charge in [-0.05, 0) is 12.5 Å². The van der Waals surface area contributed by atoms with Crippen molar-refractivity contribution in [1.29, 1.82) is 0 Å². The molecule has 0 atom stereocenters. The van der Waals surface area contributed by atoms with Gasteiger partial charge in [-0.25, -0.2) is 15.0 Å². The molecule has 0 amide bonds. The molecule has 78 valence electrons. The minimum atomic E-state index is 0.532. The van der Waals surface area contributed by atoms with Crippen LogP contribution in [0, 0.1) is 6.92 Å². The van der Waals surface area contributed by atoms with Crippen molar-refractivity contribution in [3.63, 3.8) is 0 Å². The van der Waals surface area contributed by atoms with Gasteiger partial charge in [0.05, 0.1) is 6.54 Å². The lowest BCUT2D eigenvalue weighted by atomic mass is 10.4. The molecule has 0 unspecified atom stereocenters. The SMILES string of the molecule is Cc1cnc(NCc2ncn(C)n2)nc1. The van der Waals surface area contributed by atoms with Crippen molar-refractivity contribution in [2.45, 2.75) is 13.5 Å². The van der Waals surface area contributed by atoms with Gasteiger partial charge < -0.3 is 5.32 Å². The van der Waals surface area contributed by atoms with Crippen LogP contribution in [0.2, 0.25) is 0 Å². The third kappa shape index (κ3) is 2.49. The Hall–Kier alpha value is -1.98. The number of nitrogens with zero attached hydrogens (tertiary/aromatic N) is 5. The van der Waals surface area contributed by atoms with E-state index in [4.69, 9.17) is 0 Å². The fourth-order valence-corrected chi connectivity index (χ4v) is 1.11. The standard InChI is InChI=1S/C9H12N6/c1-7-3-10-9(11-4-7)12-5-8-13-6-15(2)14-8/h3-4,6H,5H2,1-2H3,(H,10,11,12). The lowest BCUT2D eigenvalue weighted by molar-refractivity contribution is 0.746. The number of nitrogens with one attached hydrogen (secondary N) is 1. The second-order valence-corrected chi connectivity index (χ2v) is 3.27. The van der Waals surface area contributed by atoms with Crippen LogP contribution in [0.4, 0.5) is 5.95 Å². The van der Waals surface area contributed by atoms with E-state index in [9.17, 15) is 0 Å². The Morgan fingerprint density at radius 2 is 2.00 bits per heavy atom. The zero-order valence-corrected chi connectivity index (χ0v) is 8.68. The van der Waals surface area contributed by atoms with E-state index in [0.717, 1.165) is 11.4 Å². The molecule has 0 bridgehead atoms. The number of aromatic nitrogens is 5. The summed E-state index contributed by atoms with van der Waals surface area (Å²) in [6.07, 6.45) is 5.19. The van der Waals surface area contributed by atoms with Crippen molar-refractivity contribution in [3.8, 4) is 0 Å². The summed E-state index contributed by atoms with van der Waals surface area (Å²) in [6, 6.07) is 0. The van der Waals surface area contributed by atoms with Crippen molar-refractivity contribution < 1.29 is 0 Å². The van der Waals surface area contributed by atoms with Crippen molar-refractivity contribution in [3.05, 3.63) is 30.1 Å². The topological polar surface area (TPSA) is 68.5 Å². The molecule has 0 spiro atoms. The second-order valence-electron chi connectivity index (χ2n) is 3.27. The first-order valence-electron chi connectivity index (χ1n) is 4.61. The Kier molecular flexibility index (Phi) is 2.57. The molecule has 2 rings (SSSR count). The van der Waals surface area contributed by atoms with Gasteiger partial charge in [-0.1, -0.05) is 0 Å². The van der Waals surface area contributed by atoms with Crippen LogP contribution in [0.3, 0.4) is 0 Å². The molecule has 0 radical (unpaired) electrons. The van der Waals surface area contributed by atoms with Gasteiger partial charge in [-0.3, -0.25) is 4.68 Å². The highest BCUT2D eigenvalue weighted by atomic mass is 15.3. The number of rotatable bonds is 3. The Balaban J connectivity index is 1.96. The summed E-state index contributed by atoms with van der Waals surface area (Å²) in [5.41, 5.74) is 1.04. The summed E-state index contributed by atoms with van der Waals surface area (Å²) in [5.74, 6) is 1.31. The molecule has 2 heterocycles. The maximum Gasteiger partial charge on any atom is 0.222 e. The number of anilines is 1. The average Bonchev–Trinajstić information content (AvgIpc) is 2.64. The molecule has 6 nitrogen and oxygen atoms in total. The maximum absolute atomic E-state index is 4.13. The van der Waals surface area contributed by atoms with Gasteiger partial charge in [0.1, 0.15) is 6.33 Å². The lowest BCUT2D eigenvalue weighted by Gasteiger charge is -2.00. The van der Waals surface area contributed by atoms with Gasteiger partial charge in [0.25, 0.3) is 0 Å². The monoisotopic (exact) mass is 204 g/mol. The van der Waals surface area contributed by atoms with E-state index in [1.165, 1.54) is 0 Å². The minimum absolute atomic E-state index is 0.532. The molecule has 2 aromatic rings. The maximum atomic E-state index is 4.13. The highest BCUT2D eigenvalue weighted by Crippen LogP contribution is 2.00. The van der Waals surface area contributed by atoms with Crippen LogP contribution >= 0.6 is 0 Å². The van der Waals surface area contributed by atoms with Crippen molar-refractivity contribution >= 4 is 5.95 Å². The first-order valence-corrected chi connectivity index (χ1v) is 4.61. The molecule has 2 aromatic heterocycles. The Morgan fingerprint density at radius 1 is 1.27 bits per heavy atom. The number of hydrogen-bond acceptors (Lipinski definition) is 5. The van der Waals surface area contributed by atoms with E-state index in [1.807, 2.05) is 14.0 Å². The summed E-state index contributed by atoms with van der Waals surface area (Å²) in [4.78, 5) is 12.3. The Labute approximate surface area is 87.4 Å². The first kappa shape index (κ1) is 9.57. The van der Waals surface area contributed by atoms with Gasteiger partial charge in [0, 0.05) is 19.4 Å². The number of aryl methyl sites for hydroxylation is 2. The highest BCUT2D eigenvalue weighted by Gasteiger charge is 1.99. The molecular weight excluding hydrogens is 192 g/mol. The molecule has 15 heavy (non-hydrogen) atoms. The van der Waals surface area contributed by atoms with Crippen molar-refractivity contribution in [2.75, 3.05) is 5.32 Å². The third-order valence-electron chi connectivity index (χ3n) is 1.83. The molecule has 0 fully saturated rings. The van der Waals surface area contributed by atoms with Crippen molar-refractivity contribution in [1.82, 2.24) is 24.7 Å². The second kappa shape index (κ2) is 4.04. The highest BCUT2D eigenvalue weighted by molar-refractivity contribution is 5.24. The van der Waals surface area contributed by atoms with Gasteiger partial charge >= 0.3 is 0 Å². The summed E-state index contributed by atoms with van der Waals surface area (Å²) in [6.45, 7) is 2.48.